The van der Waals surface area contributed by atoms with E-state index in [1.54, 1.807) is 0 Å². The fourth-order valence-corrected chi connectivity index (χ4v) is 5.87. The molecule has 2 aromatic carbocycles. The molecule has 3 heterocycles. The van der Waals surface area contributed by atoms with Gasteiger partial charge in [-0.05, 0) is 63.4 Å². The van der Waals surface area contributed by atoms with Crippen LogP contribution < -0.4 is 0 Å². The van der Waals surface area contributed by atoms with Gasteiger partial charge in [0.1, 0.15) is 0 Å². The monoisotopic (exact) mass is 519 g/mol. The van der Waals surface area contributed by atoms with Crippen molar-refractivity contribution in [3.8, 4) is 16.9 Å². The van der Waals surface area contributed by atoms with Crippen LogP contribution in [0.5, 0.6) is 0 Å². The van der Waals surface area contributed by atoms with Crippen molar-refractivity contribution in [1.29, 1.82) is 0 Å². The number of ether oxygens (including phenoxy) is 1. The summed E-state index contributed by atoms with van der Waals surface area (Å²) >= 11 is 7.60. The number of imidazole rings is 1. The van der Waals surface area contributed by atoms with Gasteiger partial charge in [0, 0.05) is 40.7 Å². The third-order valence-electron chi connectivity index (χ3n) is 6.84. The second-order valence-electron chi connectivity index (χ2n) is 9.30. The van der Waals surface area contributed by atoms with Crippen LogP contribution in [0.25, 0.3) is 16.9 Å². The molecule has 5 nitrogen and oxygen atoms in total. The van der Waals surface area contributed by atoms with Gasteiger partial charge in [0.25, 0.3) is 0 Å². The molecule has 0 radical (unpaired) electrons. The Bertz CT molecular complexity index is 1380. The Kier molecular flexibility index (Phi) is 7.37. The number of thioether (sulfide) groups is 1. The Hall–Kier alpha value is -2.80. The number of para-hydroxylation sites is 1. The first-order valence-corrected chi connectivity index (χ1v) is 13.6. The summed E-state index contributed by atoms with van der Waals surface area (Å²) in [5.41, 5.74) is 7.06. The first-order chi connectivity index (χ1) is 17.4. The molecule has 0 N–H and O–H groups in total. The van der Waals surface area contributed by atoms with Gasteiger partial charge in [0.2, 0.25) is 0 Å². The van der Waals surface area contributed by atoms with Gasteiger partial charge < -0.3 is 9.30 Å². The Labute approximate surface area is 221 Å². The van der Waals surface area contributed by atoms with Gasteiger partial charge in [-0.1, -0.05) is 53.7 Å². The smallest absolute Gasteiger partial charge is 0.175 e. The molecule has 4 aromatic rings. The van der Waals surface area contributed by atoms with Crippen LogP contribution in [0.15, 0.2) is 66.0 Å². The Morgan fingerprint density at radius 1 is 1.14 bits per heavy atom. The van der Waals surface area contributed by atoms with Crippen molar-refractivity contribution in [2.24, 2.45) is 0 Å². The standard InChI is InChI=1S/C29H30ClN3O2S/c1-19-7-4-5-9-26(19)33-27(22-10-12-23(30)13-11-22)16-31-29(33)36-18-28(34)25-15-20(2)32(21(25)3)17-24-8-6-14-35-24/h4-5,7,9-13,15-16,24H,6,8,14,17-18H2,1-3H3. The highest BCUT2D eigenvalue weighted by Gasteiger charge is 2.22. The maximum absolute atomic E-state index is 13.4. The Balaban J connectivity index is 1.42. The molecule has 1 atom stereocenters. The van der Waals surface area contributed by atoms with E-state index >= 15 is 0 Å². The van der Waals surface area contributed by atoms with Gasteiger partial charge in [-0.2, -0.15) is 0 Å². The number of aryl methyl sites for hydroxylation is 2. The number of nitrogens with zero attached hydrogens (tertiary/aromatic N) is 3. The van der Waals surface area contributed by atoms with E-state index in [9.17, 15) is 4.79 Å². The molecule has 0 spiro atoms. The number of hydrogen-bond acceptors (Lipinski definition) is 4. The van der Waals surface area contributed by atoms with Crippen LogP contribution in [0, 0.1) is 20.8 Å². The predicted molar refractivity (Wildman–Crippen MR) is 147 cm³/mol. The maximum Gasteiger partial charge on any atom is 0.175 e. The molecule has 2 aromatic heterocycles. The van der Waals surface area contributed by atoms with E-state index in [1.807, 2.05) is 55.6 Å². The molecule has 1 aliphatic rings. The van der Waals surface area contributed by atoms with E-state index in [-0.39, 0.29) is 11.9 Å². The minimum absolute atomic E-state index is 0.110. The van der Waals surface area contributed by atoms with Crippen molar-refractivity contribution in [2.75, 3.05) is 12.4 Å². The lowest BCUT2D eigenvalue weighted by Gasteiger charge is -2.15. The molecule has 0 amide bonds. The van der Waals surface area contributed by atoms with E-state index in [2.05, 4.69) is 35.1 Å². The van der Waals surface area contributed by atoms with Crippen LogP contribution in [0.1, 0.15) is 40.2 Å². The highest BCUT2D eigenvalue weighted by molar-refractivity contribution is 7.99. The van der Waals surface area contributed by atoms with Gasteiger partial charge in [-0.3, -0.25) is 9.36 Å². The van der Waals surface area contributed by atoms with E-state index in [4.69, 9.17) is 21.3 Å². The first kappa shape index (κ1) is 24.9. The third kappa shape index (κ3) is 5.03. The fourth-order valence-electron chi connectivity index (χ4n) is 4.87. The lowest BCUT2D eigenvalue weighted by Crippen LogP contribution is -2.17. The van der Waals surface area contributed by atoms with E-state index < -0.39 is 0 Å². The number of benzene rings is 2. The van der Waals surface area contributed by atoms with Crippen molar-refractivity contribution in [3.05, 3.63) is 88.3 Å². The summed E-state index contributed by atoms with van der Waals surface area (Å²) in [6.07, 6.45) is 4.29. The summed E-state index contributed by atoms with van der Waals surface area (Å²) in [6.45, 7) is 7.82. The molecule has 1 saturated heterocycles. The van der Waals surface area contributed by atoms with Crippen LogP contribution in [-0.4, -0.2) is 38.4 Å². The summed E-state index contributed by atoms with van der Waals surface area (Å²) in [5.74, 6) is 0.423. The summed E-state index contributed by atoms with van der Waals surface area (Å²) in [7, 11) is 0. The molecule has 1 unspecified atom stereocenters. The van der Waals surface area contributed by atoms with Crippen LogP contribution in [0.4, 0.5) is 0 Å². The molecular formula is C29H30ClN3O2S. The number of Topliss-reactive ketones (excluding diaryl/α,β-unsaturated/α-hetero) is 1. The second kappa shape index (κ2) is 10.7. The number of halogens is 1. The number of aromatic nitrogens is 3. The van der Waals surface area contributed by atoms with Crippen molar-refractivity contribution < 1.29 is 9.53 Å². The van der Waals surface area contributed by atoms with E-state index in [1.165, 1.54) is 11.8 Å². The average molecular weight is 520 g/mol. The molecule has 7 heteroatoms. The lowest BCUT2D eigenvalue weighted by molar-refractivity contribution is 0.0957. The zero-order valence-corrected chi connectivity index (χ0v) is 22.4. The van der Waals surface area contributed by atoms with Crippen molar-refractivity contribution in [3.63, 3.8) is 0 Å². The lowest BCUT2D eigenvalue weighted by atomic mass is 10.1. The van der Waals surface area contributed by atoms with Gasteiger partial charge in [0.05, 0.1) is 29.4 Å². The van der Waals surface area contributed by atoms with E-state index in [0.717, 1.165) is 70.6 Å². The van der Waals surface area contributed by atoms with E-state index in [0.29, 0.717) is 10.8 Å². The summed E-state index contributed by atoms with van der Waals surface area (Å²) < 4.78 is 10.2. The average Bonchev–Trinajstić information content (AvgIpc) is 3.60. The number of ketones is 1. The summed E-state index contributed by atoms with van der Waals surface area (Å²) in [5, 5.41) is 1.48. The van der Waals surface area contributed by atoms with Gasteiger partial charge in [-0.25, -0.2) is 4.98 Å². The van der Waals surface area contributed by atoms with Crippen LogP contribution >= 0.6 is 23.4 Å². The minimum atomic E-state index is 0.110. The SMILES string of the molecule is Cc1ccccc1-n1c(-c2ccc(Cl)cc2)cnc1SCC(=O)c1cc(C)n(CC2CCCO2)c1C. The van der Waals surface area contributed by atoms with Crippen molar-refractivity contribution in [1.82, 2.24) is 14.1 Å². The largest absolute Gasteiger partial charge is 0.376 e. The molecule has 1 aliphatic heterocycles. The van der Waals surface area contributed by atoms with Gasteiger partial charge >= 0.3 is 0 Å². The molecule has 0 bridgehead atoms. The first-order valence-electron chi connectivity index (χ1n) is 12.3. The molecule has 5 rings (SSSR count). The predicted octanol–water partition coefficient (Wildman–Crippen LogP) is 7.07. The Morgan fingerprint density at radius 3 is 2.64 bits per heavy atom. The quantitative estimate of drug-likeness (QED) is 0.184. The van der Waals surface area contributed by atoms with Crippen LogP contribution in [0.3, 0.4) is 0 Å². The number of rotatable bonds is 8. The normalized spacial score (nSPS) is 15.5. The Morgan fingerprint density at radius 2 is 1.92 bits per heavy atom. The van der Waals surface area contributed by atoms with Crippen LogP contribution in [-0.2, 0) is 11.3 Å². The second-order valence-corrected chi connectivity index (χ2v) is 10.7. The fraction of sp³-hybridized carbons (Fsp3) is 0.310. The number of hydrogen-bond donors (Lipinski definition) is 0. The van der Waals surface area contributed by atoms with Gasteiger partial charge in [0.15, 0.2) is 10.9 Å². The van der Waals surface area contributed by atoms with Crippen molar-refractivity contribution in [2.45, 2.75) is 51.4 Å². The zero-order chi connectivity index (χ0) is 25.2. The van der Waals surface area contributed by atoms with Crippen molar-refractivity contribution >= 4 is 29.1 Å². The molecule has 0 aliphatic carbocycles. The molecular weight excluding hydrogens is 490 g/mol. The number of carbonyl (C=O) groups is 1. The molecule has 36 heavy (non-hydrogen) atoms. The van der Waals surface area contributed by atoms with Crippen LogP contribution in [0.2, 0.25) is 5.02 Å². The molecule has 0 saturated carbocycles. The highest BCUT2D eigenvalue weighted by Crippen LogP contribution is 2.32. The maximum atomic E-state index is 13.4. The summed E-state index contributed by atoms with van der Waals surface area (Å²) in [4.78, 5) is 18.1. The molecule has 1 fully saturated rings. The topological polar surface area (TPSA) is 49.0 Å². The number of carbonyl (C=O) groups excluding carboxylic acids is 1. The third-order valence-corrected chi connectivity index (χ3v) is 8.05. The molecule has 186 valence electrons. The van der Waals surface area contributed by atoms with Gasteiger partial charge in [-0.15, -0.1) is 0 Å². The highest BCUT2D eigenvalue weighted by atomic mass is 35.5. The minimum Gasteiger partial charge on any atom is -0.376 e. The zero-order valence-electron chi connectivity index (χ0n) is 20.8. The summed E-state index contributed by atoms with van der Waals surface area (Å²) in [6, 6.07) is 18.0.